The van der Waals surface area contributed by atoms with Gasteiger partial charge in [0.15, 0.2) is 11.0 Å². The lowest BCUT2D eigenvalue weighted by Crippen LogP contribution is -2.16. The Hall–Kier alpha value is -2.40. The molecule has 3 rings (SSSR count). The largest absolute Gasteiger partial charge is 0.433 e. The Morgan fingerprint density at radius 2 is 2.19 bits per heavy atom. The molecule has 6 nitrogen and oxygen atoms in total. The van der Waals surface area contributed by atoms with E-state index in [0.29, 0.717) is 10.4 Å². The summed E-state index contributed by atoms with van der Waals surface area (Å²) in [6.45, 7) is 1.70. The third-order valence-corrected chi connectivity index (χ3v) is 4.85. The van der Waals surface area contributed by atoms with Gasteiger partial charge < -0.3 is 9.84 Å². The molecular weight excluding hydrogens is 389 g/mol. The van der Waals surface area contributed by atoms with Crippen molar-refractivity contribution in [2.75, 3.05) is 11.1 Å². The number of amides is 1. The Balaban J connectivity index is 1.77. The topological polar surface area (TPSA) is 80.9 Å². The maximum atomic E-state index is 13.1. The van der Waals surface area contributed by atoms with E-state index >= 15 is 0 Å². The minimum Gasteiger partial charge on any atom is -0.362 e. The highest BCUT2D eigenvalue weighted by molar-refractivity contribution is 7.99. The number of halogens is 3. The molecule has 0 fully saturated rings. The van der Waals surface area contributed by atoms with Gasteiger partial charge in [-0.2, -0.15) is 13.2 Å². The number of nitrogens with one attached hydrogen (secondary N) is 1. The number of hydrogen-bond acceptors (Lipinski definition) is 7. The van der Waals surface area contributed by atoms with Gasteiger partial charge in [-0.1, -0.05) is 23.0 Å². The lowest BCUT2D eigenvalue weighted by Gasteiger charge is -2.09. The van der Waals surface area contributed by atoms with Crippen molar-refractivity contribution in [2.45, 2.75) is 18.3 Å². The number of thioether (sulfide) groups is 1. The van der Waals surface area contributed by atoms with Gasteiger partial charge >= 0.3 is 6.18 Å². The summed E-state index contributed by atoms with van der Waals surface area (Å²) >= 11 is 2.08. The smallest absolute Gasteiger partial charge is 0.362 e. The van der Waals surface area contributed by atoms with Crippen LogP contribution in [0.4, 0.5) is 19.0 Å². The van der Waals surface area contributed by atoms with E-state index in [1.165, 1.54) is 17.6 Å². The summed E-state index contributed by atoms with van der Waals surface area (Å²) < 4.78 is 44.0. The van der Waals surface area contributed by atoms with Gasteiger partial charge in [0.2, 0.25) is 5.91 Å². The summed E-state index contributed by atoms with van der Waals surface area (Å²) in [5.41, 5.74) is -0.248. The summed E-state index contributed by atoms with van der Waals surface area (Å²) in [6, 6.07) is 4.28. The molecule has 0 saturated carbocycles. The molecule has 1 N–H and O–H groups in total. The molecule has 11 heteroatoms. The van der Waals surface area contributed by atoms with Gasteiger partial charge in [-0.05, 0) is 24.4 Å². The first-order valence-electron chi connectivity index (χ1n) is 7.16. The maximum absolute atomic E-state index is 13.1. The molecular formula is C15H11F3N4O2S2. The third-order valence-electron chi connectivity index (χ3n) is 3.11. The van der Waals surface area contributed by atoms with Crippen LogP contribution in [0.5, 0.6) is 0 Å². The molecule has 0 aliphatic heterocycles. The average molecular weight is 400 g/mol. The monoisotopic (exact) mass is 400 g/mol. The Morgan fingerprint density at radius 1 is 1.38 bits per heavy atom. The Bertz CT molecular complexity index is 910. The SMILES string of the molecule is Cc1conc1NC(=O)CSc1nc(-c2cccs2)cc(C(F)(F)F)n1. The average Bonchev–Trinajstić information content (AvgIpc) is 3.24. The quantitative estimate of drug-likeness (QED) is 0.509. The van der Waals surface area contributed by atoms with Gasteiger partial charge in [-0.25, -0.2) is 9.97 Å². The molecule has 3 aromatic rings. The standard InChI is InChI=1S/C15H11F3N4O2S2/c1-8-6-24-22-13(8)21-12(23)7-26-14-19-9(10-3-2-4-25-10)5-11(20-14)15(16,17)18/h2-6H,7H2,1H3,(H,21,22,23). The summed E-state index contributed by atoms with van der Waals surface area (Å²) in [6.07, 6.45) is -3.24. The van der Waals surface area contributed by atoms with Gasteiger partial charge in [0.05, 0.1) is 16.3 Å². The molecule has 0 aromatic carbocycles. The number of hydrogen-bond donors (Lipinski definition) is 1. The van der Waals surface area contributed by atoms with Gasteiger partial charge in [0.25, 0.3) is 0 Å². The first-order valence-corrected chi connectivity index (χ1v) is 9.03. The van der Waals surface area contributed by atoms with Crippen LogP contribution in [0.2, 0.25) is 0 Å². The van der Waals surface area contributed by atoms with E-state index < -0.39 is 17.8 Å². The Labute approximate surface area is 153 Å². The number of aryl methyl sites for hydroxylation is 1. The van der Waals surface area contributed by atoms with Crippen molar-refractivity contribution in [1.82, 2.24) is 15.1 Å². The van der Waals surface area contributed by atoms with Crippen molar-refractivity contribution in [3.8, 4) is 10.6 Å². The van der Waals surface area contributed by atoms with Crippen LogP contribution in [0.3, 0.4) is 0 Å². The van der Waals surface area contributed by atoms with Gasteiger partial charge in [0.1, 0.15) is 12.0 Å². The highest BCUT2D eigenvalue weighted by atomic mass is 32.2. The van der Waals surface area contributed by atoms with Crippen LogP contribution < -0.4 is 5.32 Å². The van der Waals surface area contributed by atoms with Crippen molar-refractivity contribution < 1.29 is 22.5 Å². The van der Waals surface area contributed by atoms with Crippen LogP contribution in [0.15, 0.2) is 39.5 Å². The molecule has 0 radical (unpaired) electrons. The van der Waals surface area contributed by atoms with Crippen molar-refractivity contribution in [2.24, 2.45) is 0 Å². The van der Waals surface area contributed by atoms with Crippen LogP contribution in [0, 0.1) is 6.92 Å². The van der Waals surface area contributed by atoms with Crippen LogP contribution in [0.1, 0.15) is 11.3 Å². The minimum absolute atomic E-state index is 0.129. The lowest BCUT2D eigenvalue weighted by atomic mass is 10.3. The van der Waals surface area contributed by atoms with E-state index in [0.717, 1.165) is 17.8 Å². The van der Waals surface area contributed by atoms with Crippen molar-refractivity contribution in [3.05, 3.63) is 41.1 Å². The molecule has 0 aliphatic carbocycles. The summed E-state index contributed by atoms with van der Waals surface area (Å²) in [5.74, 6) is -0.358. The minimum atomic E-state index is -4.61. The van der Waals surface area contributed by atoms with Gasteiger partial charge in [-0.15, -0.1) is 11.3 Å². The third kappa shape index (κ3) is 4.41. The number of alkyl halides is 3. The number of aromatic nitrogens is 3. The van der Waals surface area contributed by atoms with Crippen molar-refractivity contribution in [3.63, 3.8) is 0 Å². The van der Waals surface area contributed by atoms with E-state index in [1.807, 2.05) is 0 Å². The van der Waals surface area contributed by atoms with Crippen LogP contribution in [-0.4, -0.2) is 26.8 Å². The maximum Gasteiger partial charge on any atom is 0.433 e. The summed E-state index contributed by atoms with van der Waals surface area (Å²) in [7, 11) is 0. The zero-order chi connectivity index (χ0) is 18.7. The van der Waals surface area contributed by atoms with E-state index in [2.05, 4.69) is 20.4 Å². The molecule has 1 amide bonds. The molecule has 3 heterocycles. The fourth-order valence-corrected chi connectivity index (χ4v) is 3.24. The second-order valence-electron chi connectivity index (χ2n) is 5.08. The predicted octanol–water partition coefficient (Wildman–Crippen LogP) is 4.25. The number of carbonyl (C=O) groups excluding carboxylic acids is 1. The highest BCUT2D eigenvalue weighted by Crippen LogP contribution is 2.33. The predicted molar refractivity (Wildman–Crippen MR) is 90.9 cm³/mol. The molecule has 136 valence electrons. The second-order valence-corrected chi connectivity index (χ2v) is 6.97. The fourth-order valence-electron chi connectivity index (χ4n) is 1.89. The molecule has 0 atom stereocenters. The van der Waals surface area contributed by atoms with Gasteiger partial charge in [0, 0.05) is 5.56 Å². The fraction of sp³-hybridized carbons (Fsp3) is 0.200. The van der Waals surface area contributed by atoms with E-state index in [1.54, 1.807) is 24.4 Å². The number of rotatable bonds is 5. The Morgan fingerprint density at radius 3 is 2.81 bits per heavy atom. The van der Waals surface area contributed by atoms with E-state index in [4.69, 9.17) is 4.52 Å². The normalized spacial score (nSPS) is 11.5. The molecule has 0 saturated heterocycles. The first-order chi connectivity index (χ1) is 12.3. The van der Waals surface area contributed by atoms with Gasteiger partial charge in [-0.3, -0.25) is 4.79 Å². The zero-order valence-corrected chi connectivity index (χ0v) is 14.8. The molecule has 0 bridgehead atoms. The van der Waals surface area contributed by atoms with Crippen LogP contribution in [-0.2, 0) is 11.0 Å². The van der Waals surface area contributed by atoms with E-state index in [9.17, 15) is 18.0 Å². The molecule has 0 unspecified atom stereocenters. The summed E-state index contributed by atoms with van der Waals surface area (Å²) in [5, 5.41) is 7.73. The van der Waals surface area contributed by atoms with Crippen LogP contribution in [0.25, 0.3) is 10.6 Å². The number of thiophene rings is 1. The number of carbonyl (C=O) groups is 1. The molecule has 3 aromatic heterocycles. The molecule has 26 heavy (non-hydrogen) atoms. The molecule has 0 aliphatic rings. The highest BCUT2D eigenvalue weighted by Gasteiger charge is 2.34. The first kappa shape index (κ1) is 18.4. The van der Waals surface area contributed by atoms with Crippen LogP contribution >= 0.6 is 23.1 Å². The lowest BCUT2D eigenvalue weighted by molar-refractivity contribution is -0.141. The van der Waals surface area contributed by atoms with Crippen molar-refractivity contribution >= 4 is 34.8 Å². The molecule has 0 spiro atoms. The van der Waals surface area contributed by atoms with Crippen molar-refractivity contribution in [1.29, 1.82) is 0 Å². The Kier molecular flexibility index (Phi) is 5.28. The zero-order valence-electron chi connectivity index (χ0n) is 13.2. The number of anilines is 1. The second kappa shape index (κ2) is 7.46. The van der Waals surface area contributed by atoms with E-state index in [-0.39, 0.29) is 22.4 Å². The number of nitrogens with zero attached hydrogens (tertiary/aromatic N) is 3. The summed E-state index contributed by atoms with van der Waals surface area (Å²) in [4.78, 5) is 20.2.